The molecule has 1 heterocycles. The van der Waals surface area contributed by atoms with Gasteiger partial charge in [-0.05, 0) is 39.8 Å². The molecular formula is C15H23N2O7S+. The van der Waals surface area contributed by atoms with E-state index in [0.717, 1.165) is 0 Å². The molecule has 0 aliphatic carbocycles. The minimum Gasteiger partial charge on any atom is -0.493 e. The van der Waals surface area contributed by atoms with E-state index in [-0.39, 0.29) is 34.7 Å². The molecule has 0 saturated carbocycles. The molecule has 0 unspecified atom stereocenters. The van der Waals surface area contributed by atoms with Crippen molar-refractivity contribution in [1.82, 2.24) is 10.9 Å². The Labute approximate surface area is 146 Å². The lowest BCUT2D eigenvalue weighted by atomic mass is 10.1. The van der Waals surface area contributed by atoms with E-state index >= 15 is 0 Å². The van der Waals surface area contributed by atoms with Crippen molar-refractivity contribution in [2.75, 3.05) is 13.2 Å². The molecule has 0 saturated heterocycles. The lowest BCUT2D eigenvalue weighted by molar-refractivity contribution is -0.157. The highest BCUT2D eigenvalue weighted by Gasteiger charge is 2.39. The molecule has 1 aliphatic heterocycles. The Morgan fingerprint density at radius 1 is 1.16 bits per heavy atom. The number of esters is 1. The maximum atomic E-state index is 12.1. The second-order valence-corrected chi connectivity index (χ2v) is 7.63. The first-order chi connectivity index (χ1) is 11.0. The Morgan fingerprint density at radius 2 is 1.76 bits per heavy atom. The number of sulfonamides is 1. The molecule has 0 bridgehead atoms. The molecular weight excluding hydrogens is 352 g/mol. The molecule has 1 aromatic carbocycles. The molecule has 1 aliphatic rings. The molecule has 1 aromatic rings. The molecule has 0 spiro atoms. The number of fused-ring (bicyclic) bond motifs is 1. The number of benzene rings is 1. The number of ether oxygens (including phenoxy) is 3. The van der Waals surface area contributed by atoms with E-state index in [1.165, 1.54) is 12.1 Å². The Kier molecular flexibility index (Phi) is 6.03. The number of carbonyl (C=O) groups excluding carboxylic acids is 2. The Morgan fingerprint density at radius 3 is 2.32 bits per heavy atom. The lowest BCUT2D eigenvalue weighted by Gasteiger charge is -2.19. The van der Waals surface area contributed by atoms with Crippen LogP contribution in [0.25, 0.3) is 0 Å². The van der Waals surface area contributed by atoms with Crippen molar-refractivity contribution in [3.05, 3.63) is 17.7 Å². The van der Waals surface area contributed by atoms with Gasteiger partial charge in [0.05, 0.1) is 6.61 Å². The smallest absolute Gasteiger partial charge is 0.344 e. The van der Waals surface area contributed by atoms with Gasteiger partial charge in [-0.25, -0.2) is 17.9 Å². The zero-order valence-electron chi connectivity index (χ0n) is 14.8. The van der Waals surface area contributed by atoms with Gasteiger partial charge in [-0.15, -0.1) is 0 Å². The number of amides is 1. The first kappa shape index (κ1) is 20.7. The predicted molar refractivity (Wildman–Crippen MR) is 89.6 cm³/mol. The fraction of sp³-hybridized carbons (Fsp3) is 0.467. The molecule has 0 atom stereocenters. The van der Waals surface area contributed by atoms with Crippen molar-refractivity contribution in [2.24, 2.45) is 0 Å². The van der Waals surface area contributed by atoms with E-state index in [2.05, 4.69) is 0 Å². The summed E-state index contributed by atoms with van der Waals surface area (Å²) in [5.41, 5.74) is -0.816. The van der Waals surface area contributed by atoms with E-state index < -0.39 is 34.1 Å². The van der Waals surface area contributed by atoms with Gasteiger partial charge in [0.1, 0.15) is 27.6 Å². The van der Waals surface area contributed by atoms with E-state index in [0.29, 0.717) is 0 Å². The summed E-state index contributed by atoms with van der Waals surface area (Å²) in [4.78, 5) is 23.3. The van der Waals surface area contributed by atoms with Crippen LogP contribution in [-0.4, -0.2) is 39.1 Å². The van der Waals surface area contributed by atoms with Crippen LogP contribution < -0.4 is 20.3 Å². The molecule has 1 amide bonds. The van der Waals surface area contributed by atoms with Crippen LogP contribution in [0, 0.1) is 0 Å². The van der Waals surface area contributed by atoms with Gasteiger partial charge in [-0.2, -0.15) is 0 Å². The molecule has 140 valence electrons. The third-order valence-electron chi connectivity index (χ3n) is 2.87. The van der Waals surface area contributed by atoms with Crippen molar-refractivity contribution in [2.45, 2.75) is 38.2 Å². The maximum Gasteiger partial charge on any atom is 0.344 e. The van der Waals surface area contributed by atoms with Crippen LogP contribution in [0.4, 0.5) is 0 Å². The highest BCUT2D eigenvalue weighted by atomic mass is 32.2. The Balaban J connectivity index is 0.00000312. The van der Waals surface area contributed by atoms with Gasteiger partial charge in [0.25, 0.3) is 15.9 Å². The number of quaternary nitrogens is 1. The summed E-state index contributed by atoms with van der Waals surface area (Å²) >= 11 is 0. The average molecular weight is 375 g/mol. The number of carbonyl (C=O) groups is 2. The molecule has 10 heteroatoms. The van der Waals surface area contributed by atoms with E-state index in [4.69, 9.17) is 14.2 Å². The average Bonchev–Trinajstić information content (AvgIpc) is 2.67. The summed E-state index contributed by atoms with van der Waals surface area (Å²) in [6.45, 7) is 6.59. The van der Waals surface area contributed by atoms with Gasteiger partial charge in [0, 0.05) is 0 Å². The van der Waals surface area contributed by atoms with Crippen LogP contribution in [0.15, 0.2) is 17.0 Å². The number of hydrogen-bond donors (Lipinski definition) is 2. The molecule has 0 radical (unpaired) electrons. The number of rotatable bonds is 5. The van der Waals surface area contributed by atoms with Crippen molar-refractivity contribution < 1.29 is 32.2 Å². The minimum atomic E-state index is -4.07. The van der Waals surface area contributed by atoms with Crippen LogP contribution in [0.1, 0.15) is 38.1 Å². The van der Waals surface area contributed by atoms with Crippen LogP contribution in [0.2, 0.25) is 0 Å². The summed E-state index contributed by atoms with van der Waals surface area (Å²) in [6.07, 6.45) is 0. The molecule has 0 aromatic heterocycles. The Hall–Kier alpha value is -2.33. The van der Waals surface area contributed by atoms with E-state index in [1.807, 2.05) is 4.72 Å². The van der Waals surface area contributed by atoms with Crippen LogP contribution in [-0.2, 0) is 19.6 Å². The van der Waals surface area contributed by atoms with Gasteiger partial charge < -0.3 is 20.4 Å². The number of nitrogens with one attached hydrogen (secondary N) is 1. The standard InChI is InChI=1S/C15H19NO7S.H3N/c1-5-21-9-6-7-10(22-8-11(17)23-15(2,3)4)13-12(9)14(18)16-24(13,19)20;/h6-7H,5,8H2,1-4H3,(H,16,18);1H3/p+1. The van der Waals surface area contributed by atoms with E-state index in [1.54, 1.807) is 27.7 Å². The SMILES string of the molecule is CCOc1ccc(OCC(=O)OC(C)(C)C)c2c1C(=O)NS2(=O)=O.[NH4+]. The van der Waals surface area contributed by atoms with Crippen molar-refractivity contribution in [3.63, 3.8) is 0 Å². The van der Waals surface area contributed by atoms with Crippen molar-refractivity contribution >= 4 is 21.9 Å². The molecule has 9 nitrogen and oxygen atoms in total. The zero-order valence-corrected chi connectivity index (χ0v) is 15.7. The van der Waals surface area contributed by atoms with Crippen LogP contribution in [0.3, 0.4) is 0 Å². The largest absolute Gasteiger partial charge is 0.493 e. The Bertz CT molecular complexity index is 782. The fourth-order valence-electron chi connectivity index (χ4n) is 2.15. The third-order valence-corrected chi connectivity index (χ3v) is 4.27. The summed E-state index contributed by atoms with van der Waals surface area (Å²) in [5.74, 6) is -1.43. The lowest BCUT2D eigenvalue weighted by Crippen LogP contribution is -2.27. The summed E-state index contributed by atoms with van der Waals surface area (Å²) in [5, 5.41) is 0. The second-order valence-electron chi connectivity index (χ2n) is 6.01. The maximum absolute atomic E-state index is 12.1. The van der Waals surface area contributed by atoms with Crippen molar-refractivity contribution in [1.29, 1.82) is 0 Å². The minimum absolute atomic E-state index is 0. The summed E-state index contributed by atoms with van der Waals surface area (Å²) in [7, 11) is -4.07. The van der Waals surface area contributed by atoms with Gasteiger partial charge in [0.2, 0.25) is 0 Å². The quantitative estimate of drug-likeness (QED) is 0.744. The van der Waals surface area contributed by atoms with Gasteiger partial charge >= 0.3 is 5.97 Å². The monoisotopic (exact) mass is 375 g/mol. The normalized spacial score (nSPS) is 14.8. The number of hydrogen-bond acceptors (Lipinski definition) is 7. The molecule has 2 rings (SSSR count). The molecule has 25 heavy (non-hydrogen) atoms. The van der Waals surface area contributed by atoms with Crippen LogP contribution in [0.5, 0.6) is 11.5 Å². The first-order valence-electron chi connectivity index (χ1n) is 7.27. The van der Waals surface area contributed by atoms with Gasteiger partial charge in [-0.1, -0.05) is 0 Å². The highest BCUT2D eigenvalue weighted by molar-refractivity contribution is 7.90. The topological polar surface area (TPSA) is 144 Å². The van der Waals surface area contributed by atoms with E-state index in [9.17, 15) is 18.0 Å². The van der Waals surface area contributed by atoms with Crippen molar-refractivity contribution in [3.8, 4) is 11.5 Å². The second kappa shape index (κ2) is 7.28. The molecule has 0 fully saturated rings. The van der Waals surface area contributed by atoms with Crippen LogP contribution >= 0.6 is 0 Å². The third kappa shape index (κ3) is 4.60. The first-order valence-corrected chi connectivity index (χ1v) is 8.75. The highest BCUT2D eigenvalue weighted by Crippen LogP contribution is 2.38. The predicted octanol–water partition coefficient (Wildman–Crippen LogP) is 1.61. The summed E-state index contributed by atoms with van der Waals surface area (Å²) in [6, 6.07) is 2.76. The fourth-order valence-corrected chi connectivity index (χ4v) is 3.45. The van der Waals surface area contributed by atoms with Gasteiger partial charge in [0.15, 0.2) is 6.61 Å². The van der Waals surface area contributed by atoms with Gasteiger partial charge in [-0.3, -0.25) is 4.79 Å². The molecule has 5 N–H and O–H groups in total. The zero-order chi connectivity index (χ0) is 18.1. The summed E-state index contributed by atoms with van der Waals surface area (Å²) < 4.78 is 41.8.